The molecule has 0 bridgehead atoms. The van der Waals surface area contributed by atoms with Gasteiger partial charge in [0.1, 0.15) is 10.7 Å². The van der Waals surface area contributed by atoms with E-state index in [1.165, 1.54) is 10.9 Å². The monoisotopic (exact) mass is 325 g/mol. The molecule has 7 heteroatoms. The van der Waals surface area contributed by atoms with Crippen LogP contribution < -0.4 is 0 Å². The Labute approximate surface area is 129 Å². The summed E-state index contributed by atoms with van der Waals surface area (Å²) in [6.07, 6.45) is 5.16. The summed E-state index contributed by atoms with van der Waals surface area (Å²) in [5.41, 5.74) is 1.13. The lowest BCUT2D eigenvalue weighted by Crippen LogP contribution is -2.38. The molecule has 1 saturated heterocycles. The zero-order chi connectivity index (χ0) is 15.0. The van der Waals surface area contributed by atoms with E-state index in [0.29, 0.717) is 19.0 Å². The maximum atomic E-state index is 12.0. The minimum Gasteiger partial charge on any atom is -0.294 e. The van der Waals surface area contributed by atoms with Gasteiger partial charge in [-0.25, -0.2) is 17.7 Å². The molecule has 5 nitrogen and oxygen atoms in total. The van der Waals surface area contributed by atoms with Gasteiger partial charge in [0, 0.05) is 30.6 Å². The van der Waals surface area contributed by atoms with Crippen molar-refractivity contribution in [3.8, 4) is 0 Å². The van der Waals surface area contributed by atoms with Crippen molar-refractivity contribution >= 4 is 26.2 Å². The molecule has 0 amide bonds. The van der Waals surface area contributed by atoms with E-state index in [-0.39, 0.29) is 5.75 Å². The fourth-order valence-electron chi connectivity index (χ4n) is 2.92. The first-order chi connectivity index (χ1) is 10.0. The molecule has 1 fully saturated rings. The summed E-state index contributed by atoms with van der Waals surface area (Å²) in [7, 11) is -3.17. The minimum absolute atomic E-state index is 0.0242. The molecule has 2 aromatic heterocycles. The molecule has 3 heterocycles. The van der Waals surface area contributed by atoms with Crippen LogP contribution in [0.5, 0.6) is 0 Å². The summed E-state index contributed by atoms with van der Waals surface area (Å²) < 4.78 is 27.8. The number of fused-ring (bicyclic) bond motifs is 1. The van der Waals surface area contributed by atoms with E-state index in [0.717, 1.165) is 24.4 Å². The quantitative estimate of drug-likeness (QED) is 0.811. The molecule has 0 N–H and O–H groups in total. The fraction of sp³-hybridized carbons (Fsp3) is 0.500. The average Bonchev–Trinajstić information content (AvgIpc) is 3.03. The van der Waals surface area contributed by atoms with Gasteiger partial charge in [0.2, 0.25) is 10.0 Å². The third-order valence-corrected chi connectivity index (χ3v) is 6.72. The number of thiazole rings is 1. The van der Waals surface area contributed by atoms with Gasteiger partial charge in [-0.05, 0) is 19.8 Å². The van der Waals surface area contributed by atoms with Gasteiger partial charge in [-0.15, -0.1) is 17.9 Å². The smallest absolute Gasteiger partial charge is 0.217 e. The van der Waals surface area contributed by atoms with Gasteiger partial charge in [-0.3, -0.25) is 4.40 Å². The summed E-state index contributed by atoms with van der Waals surface area (Å²) in [5.74, 6) is 1.38. The van der Waals surface area contributed by atoms with Gasteiger partial charge in [-0.2, -0.15) is 0 Å². The Morgan fingerprint density at radius 1 is 1.48 bits per heavy atom. The lowest BCUT2D eigenvalue weighted by atomic mass is 9.95. The minimum atomic E-state index is -3.17. The molecule has 1 aliphatic heterocycles. The van der Waals surface area contributed by atoms with Crippen LogP contribution in [-0.2, 0) is 10.0 Å². The van der Waals surface area contributed by atoms with E-state index < -0.39 is 10.0 Å². The van der Waals surface area contributed by atoms with Crippen LogP contribution in [0.3, 0.4) is 0 Å². The molecule has 0 saturated carbocycles. The van der Waals surface area contributed by atoms with E-state index >= 15 is 0 Å². The topological polar surface area (TPSA) is 54.7 Å². The van der Waals surface area contributed by atoms with Gasteiger partial charge in [0.25, 0.3) is 0 Å². The molecule has 0 unspecified atom stereocenters. The number of aromatic nitrogens is 2. The number of imidazole rings is 1. The molecule has 114 valence electrons. The van der Waals surface area contributed by atoms with Crippen LogP contribution in [0.15, 0.2) is 24.2 Å². The SMILES string of the molecule is C=CCS(=O)(=O)N1CCC(c2nc(C)n3ccsc23)CC1. The van der Waals surface area contributed by atoms with E-state index in [4.69, 9.17) is 0 Å². The molecular formula is C14H19N3O2S2. The lowest BCUT2D eigenvalue weighted by Gasteiger charge is -2.30. The number of hydrogen-bond acceptors (Lipinski definition) is 4. The predicted octanol–water partition coefficient (Wildman–Crippen LogP) is 2.40. The molecular weight excluding hydrogens is 306 g/mol. The van der Waals surface area contributed by atoms with Crippen LogP contribution >= 0.6 is 11.3 Å². The van der Waals surface area contributed by atoms with Crippen molar-refractivity contribution in [2.75, 3.05) is 18.8 Å². The van der Waals surface area contributed by atoms with Crippen LogP contribution in [0, 0.1) is 6.92 Å². The Morgan fingerprint density at radius 3 is 2.86 bits per heavy atom. The van der Waals surface area contributed by atoms with Gasteiger partial charge < -0.3 is 0 Å². The zero-order valence-electron chi connectivity index (χ0n) is 12.0. The summed E-state index contributed by atoms with van der Waals surface area (Å²) in [5, 5.41) is 2.07. The lowest BCUT2D eigenvalue weighted by molar-refractivity contribution is 0.319. The second-order valence-corrected chi connectivity index (χ2v) is 8.27. The maximum Gasteiger partial charge on any atom is 0.217 e. The Balaban J connectivity index is 1.77. The first-order valence-corrected chi connectivity index (χ1v) is 9.52. The summed E-state index contributed by atoms with van der Waals surface area (Å²) >= 11 is 1.70. The number of nitrogens with zero attached hydrogens (tertiary/aromatic N) is 3. The standard InChI is InChI=1S/C14H19N3O2S2/c1-3-10-21(18,19)16-6-4-12(5-7-16)13-14-17(8-9-20-14)11(2)15-13/h3,8-9,12H,1,4-7,10H2,2H3. The molecule has 21 heavy (non-hydrogen) atoms. The first kappa shape index (κ1) is 14.7. The van der Waals surface area contributed by atoms with E-state index in [2.05, 4.69) is 21.3 Å². The summed E-state index contributed by atoms with van der Waals surface area (Å²) in [6, 6.07) is 0. The van der Waals surface area contributed by atoms with Gasteiger partial charge in [0.15, 0.2) is 0 Å². The zero-order valence-corrected chi connectivity index (χ0v) is 13.7. The van der Waals surface area contributed by atoms with Crippen LogP contribution in [0.4, 0.5) is 0 Å². The van der Waals surface area contributed by atoms with Crippen molar-refractivity contribution in [3.05, 3.63) is 35.8 Å². The van der Waals surface area contributed by atoms with Crippen LogP contribution in [0.25, 0.3) is 4.83 Å². The second-order valence-electron chi connectivity index (χ2n) is 5.36. The van der Waals surface area contributed by atoms with Crippen molar-refractivity contribution in [1.82, 2.24) is 13.7 Å². The molecule has 0 atom stereocenters. The highest BCUT2D eigenvalue weighted by atomic mass is 32.2. The molecule has 0 aliphatic carbocycles. The highest BCUT2D eigenvalue weighted by molar-refractivity contribution is 7.89. The number of hydrogen-bond donors (Lipinski definition) is 0. The number of rotatable bonds is 4. The summed E-state index contributed by atoms with van der Waals surface area (Å²) in [4.78, 5) is 5.88. The Bertz CT molecular complexity index is 752. The number of aryl methyl sites for hydroxylation is 1. The molecule has 0 aromatic carbocycles. The fourth-order valence-corrected chi connectivity index (χ4v) is 5.15. The van der Waals surface area contributed by atoms with Gasteiger partial charge in [0.05, 0.1) is 11.4 Å². The van der Waals surface area contributed by atoms with Crippen molar-refractivity contribution in [3.63, 3.8) is 0 Å². The van der Waals surface area contributed by atoms with Crippen LogP contribution in [-0.4, -0.2) is 41.0 Å². The van der Waals surface area contributed by atoms with Crippen LogP contribution in [0.1, 0.15) is 30.3 Å². The Kier molecular flexibility index (Phi) is 3.90. The van der Waals surface area contributed by atoms with Gasteiger partial charge in [-0.1, -0.05) is 6.08 Å². The molecule has 2 aromatic rings. The van der Waals surface area contributed by atoms with E-state index in [9.17, 15) is 8.42 Å². The van der Waals surface area contributed by atoms with Crippen molar-refractivity contribution in [2.24, 2.45) is 0 Å². The Hall–Kier alpha value is -1.18. The number of piperidine rings is 1. The maximum absolute atomic E-state index is 12.0. The molecule has 0 spiro atoms. The highest BCUT2D eigenvalue weighted by Gasteiger charge is 2.30. The van der Waals surface area contributed by atoms with Gasteiger partial charge >= 0.3 is 0 Å². The first-order valence-electron chi connectivity index (χ1n) is 7.03. The molecule has 3 rings (SSSR count). The van der Waals surface area contributed by atoms with E-state index in [1.807, 2.05) is 13.1 Å². The molecule has 1 aliphatic rings. The molecule has 0 radical (unpaired) electrons. The van der Waals surface area contributed by atoms with Crippen molar-refractivity contribution < 1.29 is 8.42 Å². The third-order valence-electron chi connectivity index (χ3n) is 4.02. The normalized spacial score (nSPS) is 18.3. The Morgan fingerprint density at radius 2 is 2.19 bits per heavy atom. The third kappa shape index (κ3) is 2.65. The average molecular weight is 325 g/mol. The second kappa shape index (κ2) is 5.55. The summed E-state index contributed by atoms with van der Waals surface area (Å²) in [6.45, 7) is 6.67. The largest absolute Gasteiger partial charge is 0.294 e. The highest BCUT2D eigenvalue weighted by Crippen LogP contribution is 2.33. The number of sulfonamides is 1. The van der Waals surface area contributed by atoms with Crippen LogP contribution in [0.2, 0.25) is 0 Å². The van der Waals surface area contributed by atoms with Crippen molar-refractivity contribution in [1.29, 1.82) is 0 Å². The predicted molar refractivity (Wildman–Crippen MR) is 85.3 cm³/mol. The van der Waals surface area contributed by atoms with E-state index in [1.54, 1.807) is 15.6 Å². The van der Waals surface area contributed by atoms with Crippen molar-refractivity contribution in [2.45, 2.75) is 25.7 Å².